The quantitative estimate of drug-likeness (QED) is 0.268. The van der Waals surface area contributed by atoms with Crippen LogP contribution in [0, 0.1) is 11.3 Å². The average molecular weight is 429 g/mol. The second-order valence-corrected chi connectivity index (χ2v) is 6.67. The molecule has 0 N–H and O–H groups in total. The summed E-state index contributed by atoms with van der Waals surface area (Å²) in [5.41, 5.74) is -1.48. The fourth-order valence-electron chi connectivity index (χ4n) is 3.31. The molecule has 32 heavy (non-hydrogen) atoms. The zero-order valence-electron chi connectivity index (χ0n) is 17.0. The summed E-state index contributed by atoms with van der Waals surface area (Å²) in [5, 5.41) is 10.4. The van der Waals surface area contributed by atoms with E-state index in [1.54, 1.807) is 30.3 Å². The molecule has 0 saturated carbocycles. The van der Waals surface area contributed by atoms with Crippen LogP contribution >= 0.6 is 0 Å². The van der Waals surface area contributed by atoms with Crippen molar-refractivity contribution in [1.29, 1.82) is 5.26 Å². The third-order valence-corrected chi connectivity index (χ3v) is 4.87. The first-order chi connectivity index (χ1) is 15.5. The van der Waals surface area contributed by atoms with E-state index in [2.05, 4.69) is 0 Å². The summed E-state index contributed by atoms with van der Waals surface area (Å²) < 4.78 is 21.0. The van der Waals surface area contributed by atoms with E-state index in [4.69, 9.17) is 18.3 Å². The molecule has 0 bridgehead atoms. The molecule has 0 radical (unpaired) electrons. The highest BCUT2D eigenvalue weighted by Crippen LogP contribution is 2.31. The molecule has 0 atom stereocenters. The van der Waals surface area contributed by atoms with Gasteiger partial charge in [-0.25, -0.2) is 9.59 Å². The zero-order valence-corrected chi connectivity index (χ0v) is 17.0. The number of carbonyl (C=O) groups excluding carboxylic acids is 1. The van der Waals surface area contributed by atoms with Gasteiger partial charge < -0.3 is 18.3 Å². The Labute approximate surface area is 180 Å². The highest BCUT2D eigenvalue weighted by molar-refractivity contribution is 6.08. The Bertz CT molecular complexity index is 1570. The van der Waals surface area contributed by atoms with E-state index in [1.807, 2.05) is 6.07 Å². The summed E-state index contributed by atoms with van der Waals surface area (Å²) >= 11 is 0. The van der Waals surface area contributed by atoms with Crippen molar-refractivity contribution in [3.63, 3.8) is 0 Å². The van der Waals surface area contributed by atoms with Gasteiger partial charge in [0.05, 0.1) is 30.7 Å². The Hall–Kier alpha value is -4.64. The maximum absolute atomic E-state index is 12.8. The number of rotatable bonds is 5. The molecule has 4 aromatic rings. The molecular formula is C24H15NO7. The predicted octanol–water partition coefficient (Wildman–Crippen LogP) is 3.68. The second kappa shape index (κ2) is 8.24. The van der Waals surface area contributed by atoms with Crippen LogP contribution in [0.5, 0.6) is 11.5 Å². The molecule has 0 fully saturated rings. The molecule has 2 aromatic heterocycles. The molecule has 0 amide bonds. The van der Waals surface area contributed by atoms with Crippen LogP contribution in [0.15, 0.2) is 67.0 Å². The van der Waals surface area contributed by atoms with Gasteiger partial charge in [-0.1, -0.05) is 12.1 Å². The number of methoxy groups -OCH3 is 2. The van der Waals surface area contributed by atoms with E-state index in [9.17, 15) is 19.6 Å². The number of ether oxygens (including phenoxy) is 2. The van der Waals surface area contributed by atoms with Gasteiger partial charge >= 0.3 is 11.3 Å². The number of nitriles is 1. The van der Waals surface area contributed by atoms with Crippen molar-refractivity contribution in [3.8, 4) is 17.6 Å². The molecule has 2 heterocycles. The van der Waals surface area contributed by atoms with Crippen LogP contribution in [0.3, 0.4) is 0 Å². The molecule has 0 unspecified atom stereocenters. The number of fused-ring (bicyclic) bond motifs is 2. The third kappa shape index (κ3) is 3.52. The molecule has 8 heteroatoms. The Morgan fingerprint density at radius 3 is 2.44 bits per heavy atom. The number of allylic oxidation sites excluding steroid dienone is 1. The Morgan fingerprint density at radius 2 is 1.72 bits per heavy atom. The number of nitrogens with zero attached hydrogens (tertiary/aromatic N) is 1. The van der Waals surface area contributed by atoms with E-state index in [0.29, 0.717) is 22.3 Å². The third-order valence-electron chi connectivity index (χ3n) is 4.87. The highest BCUT2D eigenvalue weighted by atomic mass is 16.5. The molecule has 0 aliphatic heterocycles. The fourth-order valence-corrected chi connectivity index (χ4v) is 3.31. The summed E-state index contributed by atoms with van der Waals surface area (Å²) in [7, 11) is 2.89. The Balaban J connectivity index is 1.81. The number of benzene rings is 2. The number of para-hydroxylation sites is 1. The van der Waals surface area contributed by atoms with E-state index in [-0.39, 0.29) is 27.9 Å². The van der Waals surface area contributed by atoms with Gasteiger partial charge in [0.2, 0.25) is 0 Å². The topological polar surface area (TPSA) is 120 Å². The number of hydrogen-bond acceptors (Lipinski definition) is 8. The van der Waals surface area contributed by atoms with Crippen molar-refractivity contribution in [1.82, 2.24) is 0 Å². The summed E-state index contributed by atoms with van der Waals surface area (Å²) in [6.45, 7) is 0. The van der Waals surface area contributed by atoms with Crippen LogP contribution in [-0.2, 0) is 0 Å². The highest BCUT2D eigenvalue weighted by Gasteiger charge is 2.17. The van der Waals surface area contributed by atoms with Gasteiger partial charge in [0.15, 0.2) is 5.78 Å². The lowest BCUT2D eigenvalue weighted by Crippen LogP contribution is -2.13. The van der Waals surface area contributed by atoms with Crippen molar-refractivity contribution in [3.05, 3.63) is 86.1 Å². The van der Waals surface area contributed by atoms with Crippen molar-refractivity contribution >= 4 is 33.8 Å². The van der Waals surface area contributed by atoms with E-state index in [1.165, 1.54) is 26.4 Å². The lowest BCUT2D eigenvalue weighted by molar-refractivity contribution is 0.104. The van der Waals surface area contributed by atoms with Crippen molar-refractivity contribution in [2.24, 2.45) is 0 Å². The van der Waals surface area contributed by atoms with Crippen LogP contribution in [0.1, 0.15) is 21.5 Å². The van der Waals surface area contributed by atoms with E-state index >= 15 is 0 Å². The minimum absolute atomic E-state index is 0.0696. The normalized spacial score (nSPS) is 11.0. The first-order valence-electron chi connectivity index (χ1n) is 9.35. The number of carbonyl (C=O) groups is 1. The molecule has 0 saturated heterocycles. The lowest BCUT2D eigenvalue weighted by Gasteiger charge is -2.08. The Morgan fingerprint density at radius 1 is 0.969 bits per heavy atom. The van der Waals surface area contributed by atoms with Gasteiger partial charge in [-0.05, 0) is 30.4 Å². The summed E-state index contributed by atoms with van der Waals surface area (Å²) in [4.78, 5) is 37.5. The number of ketones is 1. The first kappa shape index (κ1) is 20.6. The molecule has 8 nitrogen and oxygen atoms in total. The van der Waals surface area contributed by atoms with Crippen molar-refractivity contribution in [2.45, 2.75) is 0 Å². The van der Waals surface area contributed by atoms with Crippen LogP contribution < -0.4 is 20.7 Å². The summed E-state index contributed by atoms with van der Waals surface area (Å²) in [5.74, 6) is 0.0570. The van der Waals surface area contributed by atoms with Crippen LogP contribution in [0.2, 0.25) is 0 Å². The van der Waals surface area contributed by atoms with Crippen molar-refractivity contribution < 1.29 is 23.1 Å². The summed E-state index contributed by atoms with van der Waals surface area (Å²) in [6, 6.07) is 13.0. The van der Waals surface area contributed by atoms with Gasteiger partial charge in [-0.15, -0.1) is 0 Å². The Kier molecular flexibility index (Phi) is 5.31. The average Bonchev–Trinajstić information content (AvgIpc) is 2.80. The van der Waals surface area contributed by atoms with E-state index < -0.39 is 17.0 Å². The molecule has 0 aliphatic carbocycles. The molecule has 4 rings (SSSR count). The monoisotopic (exact) mass is 429 g/mol. The zero-order chi connectivity index (χ0) is 22.8. The molecule has 158 valence electrons. The van der Waals surface area contributed by atoms with Gasteiger partial charge in [-0.3, -0.25) is 4.79 Å². The predicted molar refractivity (Wildman–Crippen MR) is 116 cm³/mol. The molecule has 2 aromatic carbocycles. The molecular weight excluding hydrogens is 414 g/mol. The van der Waals surface area contributed by atoms with Gasteiger partial charge in [0.25, 0.3) is 0 Å². The van der Waals surface area contributed by atoms with Crippen LogP contribution in [0.4, 0.5) is 0 Å². The lowest BCUT2D eigenvalue weighted by atomic mass is 10.0. The van der Waals surface area contributed by atoms with Gasteiger partial charge in [0, 0.05) is 17.5 Å². The smallest absolute Gasteiger partial charge is 0.347 e. The second-order valence-electron chi connectivity index (χ2n) is 6.67. The van der Waals surface area contributed by atoms with E-state index in [0.717, 1.165) is 12.2 Å². The van der Waals surface area contributed by atoms with Gasteiger partial charge in [0.1, 0.15) is 34.3 Å². The van der Waals surface area contributed by atoms with Crippen LogP contribution in [0.25, 0.3) is 28.0 Å². The van der Waals surface area contributed by atoms with Gasteiger partial charge in [-0.2, -0.15) is 5.26 Å². The number of hydrogen-bond donors (Lipinski definition) is 0. The standard InChI is InChI=1S/C24H15NO7/c1-29-13-9-21(30-2)17-11-16(24(28)32-22(17)10-13)19(26)8-7-15-18(12-25)14-5-3-4-6-20(14)31-23(15)27/h3-11H,1-2H3/b8-7+. The largest absolute Gasteiger partial charge is 0.496 e. The molecule has 0 aliphatic rings. The molecule has 0 spiro atoms. The minimum atomic E-state index is -0.867. The summed E-state index contributed by atoms with van der Waals surface area (Å²) in [6.07, 6.45) is 2.18. The maximum Gasteiger partial charge on any atom is 0.347 e. The SMILES string of the molecule is COc1cc(OC)c2cc(C(=O)/C=C/c3c(C#N)c4ccccc4oc3=O)c(=O)oc2c1. The minimum Gasteiger partial charge on any atom is -0.496 e. The first-order valence-corrected chi connectivity index (χ1v) is 9.35. The maximum atomic E-state index is 12.8. The fraction of sp³-hybridized carbons (Fsp3) is 0.0833. The van der Waals surface area contributed by atoms with Crippen molar-refractivity contribution in [2.75, 3.05) is 14.2 Å². The van der Waals surface area contributed by atoms with Crippen LogP contribution in [-0.4, -0.2) is 20.0 Å².